The van der Waals surface area contributed by atoms with Crippen LogP contribution in [0.3, 0.4) is 0 Å². The predicted octanol–water partition coefficient (Wildman–Crippen LogP) is 3.57. The fourth-order valence-electron chi connectivity index (χ4n) is 3.67. The van der Waals surface area contributed by atoms with Crippen molar-refractivity contribution in [3.63, 3.8) is 0 Å². The van der Waals surface area contributed by atoms with Gasteiger partial charge >= 0.3 is 5.97 Å². The van der Waals surface area contributed by atoms with Gasteiger partial charge < -0.3 is 4.74 Å². The average molecular weight is 236 g/mol. The summed E-state index contributed by atoms with van der Waals surface area (Å²) in [7, 11) is 0. The second-order valence-corrected chi connectivity index (χ2v) is 6.31. The number of rotatable bonds is 2. The fraction of sp³-hybridized carbons (Fsp3) is 0.800. The first-order chi connectivity index (χ1) is 7.88. The van der Waals surface area contributed by atoms with Crippen molar-refractivity contribution in [2.24, 2.45) is 23.7 Å². The lowest BCUT2D eigenvalue weighted by Crippen LogP contribution is -2.39. The maximum atomic E-state index is 12.0. The Morgan fingerprint density at radius 1 is 1.47 bits per heavy atom. The number of hydrogen-bond donors (Lipinski definition) is 0. The quantitative estimate of drug-likeness (QED) is 0.541. The van der Waals surface area contributed by atoms with Crippen LogP contribution in [0.15, 0.2) is 12.2 Å². The molecule has 1 heterocycles. The molecule has 0 aromatic heterocycles. The molecule has 1 spiro atoms. The summed E-state index contributed by atoms with van der Waals surface area (Å²) in [5.41, 5.74) is 0.934. The van der Waals surface area contributed by atoms with Crippen molar-refractivity contribution in [2.45, 2.75) is 52.6 Å². The lowest BCUT2D eigenvalue weighted by molar-refractivity contribution is -0.155. The van der Waals surface area contributed by atoms with Gasteiger partial charge in [-0.25, -0.2) is 0 Å². The summed E-state index contributed by atoms with van der Waals surface area (Å²) in [5.74, 6) is 1.31. The summed E-state index contributed by atoms with van der Waals surface area (Å²) in [4.78, 5) is 12.0. The van der Waals surface area contributed by atoms with Gasteiger partial charge in [0, 0.05) is 12.3 Å². The van der Waals surface area contributed by atoms with Gasteiger partial charge in [0.1, 0.15) is 5.60 Å². The molecule has 96 valence electrons. The maximum Gasteiger partial charge on any atom is 0.309 e. The fourth-order valence-corrected chi connectivity index (χ4v) is 3.67. The molecule has 4 atom stereocenters. The van der Waals surface area contributed by atoms with Crippen molar-refractivity contribution in [3.05, 3.63) is 12.2 Å². The van der Waals surface area contributed by atoms with E-state index in [4.69, 9.17) is 4.74 Å². The third-order valence-electron chi connectivity index (χ3n) is 4.84. The van der Waals surface area contributed by atoms with Crippen molar-refractivity contribution in [1.29, 1.82) is 0 Å². The highest BCUT2D eigenvalue weighted by Gasteiger charge is 2.58. The number of esters is 1. The highest BCUT2D eigenvalue weighted by Crippen LogP contribution is 2.54. The van der Waals surface area contributed by atoms with Crippen LogP contribution in [0.5, 0.6) is 0 Å². The predicted molar refractivity (Wildman–Crippen MR) is 68.5 cm³/mol. The molecule has 1 saturated carbocycles. The molecule has 0 amide bonds. The van der Waals surface area contributed by atoms with E-state index in [9.17, 15) is 4.79 Å². The molecule has 2 aliphatic rings. The Hall–Kier alpha value is -0.790. The Balaban J connectivity index is 2.30. The van der Waals surface area contributed by atoms with E-state index in [1.807, 2.05) is 0 Å². The number of ether oxygens (including phenoxy) is 1. The largest absolute Gasteiger partial charge is 0.458 e. The van der Waals surface area contributed by atoms with Crippen LogP contribution in [-0.2, 0) is 9.53 Å². The first kappa shape index (κ1) is 12.7. The van der Waals surface area contributed by atoms with E-state index in [1.165, 1.54) is 5.57 Å². The van der Waals surface area contributed by atoms with Gasteiger partial charge in [-0.05, 0) is 31.6 Å². The molecule has 0 bridgehead atoms. The monoisotopic (exact) mass is 236 g/mol. The molecule has 1 aliphatic heterocycles. The third kappa shape index (κ3) is 1.82. The highest BCUT2D eigenvalue weighted by molar-refractivity contribution is 5.76. The Morgan fingerprint density at radius 2 is 2.12 bits per heavy atom. The van der Waals surface area contributed by atoms with Crippen LogP contribution in [0.25, 0.3) is 0 Å². The minimum atomic E-state index is -0.238. The number of hydrogen-bond acceptors (Lipinski definition) is 2. The standard InChI is InChI=1S/C15H24O2/c1-9(2)12-8-15(17-14(12)16)11(5)6-7-13(15)10(3)4/h9,11-13H,3,6-8H2,1-2,4-5H3/t11-,12-,13-,15-/m0/s1. The first-order valence-electron chi connectivity index (χ1n) is 6.76. The van der Waals surface area contributed by atoms with Gasteiger partial charge in [0.05, 0.1) is 5.92 Å². The van der Waals surface area contributed by atoms with Gasteiger partial charge in [0.15, 0.2) is 0 Å². The van der Waals surface area contributed by atoms with Crippen LogP contribution in [0.4, 0.5) is 0 Å². The van der Waals surface area contributed by atoms with Crippen LogP contribution in [0.1, 0.15) is 47.0 Å². The lowest BCUT2D eigenvalue weighted by atomic mass is 9.75. The summed E-state index contributed by atoms with van der Waals surface area (Å²) in [6, 6.07) is 0. The molecule has 2 rings (SSSR count). The first-order valence-corrected chi connectivity index (χ1v) is 6.76. The molecule has 1 saturated heterocycles. The zero-order valence-electron chi connectivity index (χ0n) is 11.5. The summed E-state index contributed by atoms with van der Waals surface area (Å²) >= 11 is 0. The van der Waals surface area contributed by atoms with Crippen molar-refractivity contribution in [1.82, 2.24) is 0 Å². The summed E-state index contributed by atoms with van der Waals surface area (Å²) < 4.78 is 5.87. The van der Waals surface area contributed by atoms with Crippen molar-refractivity contribution in [3.8, 4) is 0 Å². The molecule has 2 heteroatoms. The second-order valence-electron chi connectivity index (χ2n) is 6.31. The molecule has 2 nitrogen and oxygen atoms in total. The molecule has 0 aromatic carbocycles. The van der Waals surface area contributed by atoms with E-state index >= 15 is 0 Å². The molecule has 0 aromatic rings. The Morgan fingerprint density at radius 3 is 2.59 bits per heavy atom. The second kappa shape index (κ2) is 4.15. The normalized spacial score (nSPS) is 41.2. The van der Waals surface area contributed by atoms with Crippen LogP contribution in [-0.4, -0.2) is 11.6 Å². The summed E-state index contributed by atoms with van der Waals surface area (Å²) in [5, 5.41) is 0. The van der Waals surface area contributed by atoms with Crippen molar-refractivity contribution in [2.75, 3.05) is 0 Å². The van der Waals surface area contributed by atoms with Crippen molar-refractivity contribution < 1.29 is 9.53 Å². The molecule has 0 radical (unpaired) electrons. The Bertz CT molecular complexity index is 345. The summed E-state index contributed by atoms with van der Waals surface area (Å²) in [6.07, 6.45) is 3.16. The van der Waals surface area contributed by atoms with E-state index < -0.39 is 0 Å². The molecular weight excluding hydrogens is 212 g/mol. The van der Waals surface area contributed by atoms with Gasteiger partial charge in [-0.15, -0.1) is 0 Å². The topological polar surface area (TPSA) is 26.3 Å². The highest BCUT2D eigenvalue weighted by atomic mass is 16.6. The van der Waals surface area contributed by atoms with E-state index in [0.29, 0.717) is 17.8 Å². The average Bonchev–Trinajstić information content (AvgIpc) is 2.71. The Kier molecular flexibility index (Phi) is 3.09. The number of carbonyl (C=O) groups is 1. The molecule has 1 aliphatic carbocycles. The van der Waals surface area contributed by atoms with Gasteiger partial charge in [-0.1, -0.05) is 32.9 Å². The third-order valence-corrected chi connectivity index (χ3v) is 4.84. The molecular formula is C15H24O2. The summed E-state index contributed by atoms with van der Waals surface area (Å²) in [6.45, 7) is 12.6. The van der Waals surface area contributed by atoms with Crippen molar-refractivity contribution >= 4 is 5.97 Å². The lowest BCUT2D eigenvalue weighted by Gasteiger charge is -2.34. The van der Waals surface area contributed by atoms with Gasteiger partial charge in [0.25, 0.3) is 0 Å². The van der Waals surface area contributed by atoms with Gasteiger partial charge in [-0.3, -0.25) is 4.79 Å². The number of carbonyl (C=O) groups excluding carboxylic acids is 1. The minimum Gasteiger partial charge on any atom is -0.458 e. The zero-order chi connectivity index (χ0) is 12.8. The van der Waals surface area contributed by atoms with E-state index in [0.717, 1.165) is 19.3 Å². The maximum absolute atomic E-state index is 12.0. The minimum absolute atomic E-state index is 0.0139. The SMILES string of the molecule is C=C(C)[C@@H]1CC[C@H](C)[C@@]12C[C@@H](C(C)C)C(=O)O2. The van der Waals surface area contributed by atoms with E-state index in [1.54, 1.807) is 0 Å². The van der Waals surface area contributed by atoms with E-state index in [2.05, 4.69) is 34.3 Å². The zero-order valence-corrected chi connectivity index (χ0v) is 11.5. The molecule has 0 unspecified atom stereocenters. The van der Waals surface area contributed by atoms with Crippen LogP contribution in [0.2, 0.25) is 0 Å². The van der Waals surface area contributed by atoms with Crippen LogP contribution in [0, 0.1) is 23.7 Å². The van der Waals surface area contributed by atoms with E-state index in [-0.39, 0.29) is 17.5 Å². The Labute approximate surface area is 104 Å². The molecule has 2 fully saturated rings. The van der Waals surface area contributed by atoms with Crippen LogP contribution >= 0.6 is 0 Å². The molecule has 0 N–H and O–H groups in total. The van der Waals surface area contributed by atoms with Gasteiger partial charge in [0.2, 0.25) is 0 Å². The van der Waals surface area contributed by atoms with Gasteiger partial charge in [-0.2, -0.15) is 0 Å². The molecule has 17 heavy (non-hydrogen) atoms. The van der Waals surface area contributed by atoms with Crippen LogP contribution < -0.4 is 0 Å². The smallest absolute Gasteiger partial charge is 0.309 e.